The van der Waals surface area contributed by atoms with Crippen molar-refractivity contribution in [2.45, 2.75) is 46.6 Å². The Labute approximate surface area is 171 Å². The lowest BCUT2D eigenvalue weighted by Gasteiger charge is -2.38. The molecule has 1 heterocycles. The topological polar surface area (TPSA) is 48.9 Å². The maximum Gasteiger partial charge on any atom is 0.123 e. The number of aliphatic hydroxyl groups is 1. The van der Waals surface area contributed by atoms with Crippen LogP contribution in [0.25, 0.3) is 5.57 Å². The van der Waals surface area contributed by atoms with E-state index in [4.69, 9.17) is 0 Å². The maximum absolute atomic E-state index is 13.5. The molecule has 29 heavy (non-hydrogen) atoms. The average Bonchev–Trinajstić information content (AvgIpc) is 3.11. The number of hydrogen-bond acceptors (Lipinski definition) is 2. The smallest absolute Gasteiger partial charge is 0.123 e. The van der Waals surface area contributed by atoms with Crippen molar-refractivity contribution >= 4 is 5.57 Å². The fourth-order valence-electron chi connectivity index (χ4n) is 4.79. The summed E-state index contributed by atoms with van der Waals surface area (Å²) in [5.41, 5.74) is 8.33. The molecule has 0 amide bonds. The van der Waals surface area contributed by atoms with Gasteiger partial charge in [-0.2, -0.15) is 5.10 Å². The third-order valence-electron chi connectivity index (χ3n) is 6.48. The molecule has 0 aliphatic heterocycles. The minimum Gasteiger partial charge on any atom is -0.388 e. The van der Waals surface area contributed by atoms with Crippen LogP contribution in [0.3, 0.4) is 0 Å². The van der Waals surface area contributed by atoms with Crippen LogP contribution in [0.5, 0.6) is 0 Å². The number of aryl methyl sites for hydroxylation is 2. The Hall–Kier alpha value is -2.72. The van der Waals surface area contributed by atoms with Crippen LogP contribution in [0.1, 0.15) is 59.9 Å². The molecule has 1 aromatic heterocycles. The summed E-state index contributed by atoms with van der Waals surface area (Å²) in [5.74, 6) is -0.249. The van der Waals surface area contributed by atoms with Crippen molar-refractivity contribution in [3.63, 3.8) is 0 Å². The highest BCUT2D eigenvalue weighted by Crippen LogP contribution is 2.49. The molecule has 2 N–H and O–H groups in total. The van der Waals surface area contributed by atoms with Crippen molar-refractivity contribution < 1.29 is 9.50 Å². The van der Waals surface area contributed by atoms with Gasteiger partial charge in [-0.05, 0) is 79.0 Å². The molecule has 1 unspecified atom stereocenters. The van der Waals surface area contributed by atoms with Crippen LogP contribution in [0, 0.1) is 25.1 Å². The zero-order chi connectivity index (χ0) is 20.8. The van der Waals surface area contributed by atoms with Gasteiger partial charge in [0.05, 0.1) is 18.0 Å². The highest BCUT2D eigenvalue weighted by molar-refractivity contribution is 5.83. The second-order valence-electron chi connectivity index (χ2n) is 8.54. The molecule has 3 aromatic rings. The van der Waals surface area contributed by atoms with Gasteiger partial charge in [-0.25, -0.2) is 4.39 Å². The van der Waals surface area contributed by atoms with Crippen LogP contribution in [0.2, 0.25) is 0 Å². The maximum atomic E-state index is 13.5. The van der Waals surface area contributed by atoms with E-state index in [0.29, 0.717) is 6.42 Å². The van der Waals surface area contributed by atoms with Gasteiger partial charge in [0.1, 0.15) is 5.82 Å². The summed E-state index contributed by atoms with van der Waals surface area (Å²) >= 11 is 0. The number of benzene rings is 2. The van der Waals surface area contributed by atoms with Crippen molar-refractivity contribution in [2.24, 2.45) is 5.41 Å². The Kier molecular flexibility index (Phi) is 4.91. The summed E-state index contributed by atoms with van der Waals surface area (Å²) < 4.78 is 13.5. The Balaban J connectivity index is 1.78. The molecule has 150 valence electrons. The van der Waals surface area contributed by atoms with E-state index >= 15 is 0 Å². The molecular weight excluding hydrogens is 363 g/mol. The molecule has 0 spiro atoms. The summed E-state index contributed by atoms with van der Waals surface area (Å²) in [6.45, 7) is 8.43. The van der Waals surface area contributed by atoms with Crippen molar-refractivity contribution in [1.29, 1.82) is 0 Å². The van der Waals surface area contributed by atoms with E-state index in [1.54, 1.807) is 0 Å². The predicted octanol–water partition coefficient (Wildman–Crippen LogP) is 5.67. The first-order chi connectivity index (χ1) is 13.8. The third kappa shape index (κ3) is 3.42. The number of allylic oxidation sites excluding steroid dienone is 1. The zero-order valence-electron chi connectivity index (χ0n) is 17.4. The Morgan fingerprint density at radius 2 is 1.76 bits per heavy atom. The molecule has 4 heteroatoms. The molecular formula is C25H27FN2O. The molecule has 2 atom stereocenters. The minimum absolute atomic E-state index is 0.241. The number of hydrogen-bond donors (Lipinski definition) is 2. The summed E-state index contributed by atoms with van der Waals surface area (Å²) in [5, 5.41) is 18.6. The molecule has 1 aliphatic carbocycles. The number of H-pyrrole nitrogens is 1. The summed E-state index contributed by atoms with van der Waals surface area (Å²) in [6, 6.07) is 12.7. The fraction of sp³-hybridized carbons (Fsp3) is 0.320. The molecule has 3 nitrogen and oxygen atoms in total. The lowest BCUT2D eigenvalue weighted by Crippen LogP contribution is -2.29. The Morgan fingerprint density at radius 3 is 2.41 bits per heavy atom. The minimum atomic E-state index is -0.556. The van der Waals surface area contributed by atoms with E-state index in [1.165, 1.54) is 17.7 Å². The Morgan fingerprint density at radius 1 is 1.10 bits per heavy atom. The van der Waals surface area contributed by atoms with Gasteiger partial charge in [0, 0.05) is 5.57 Å². The molecule has 0 saturated heterocycles. The van der Waals surface area contributed by atoms with Crippen LogP contribution in [-0.2, 0) is 6.42 Å². The first kappa shape index (κ1) is 19.6. The second-order valence-corrected chi connectivity index (χ2v) is 8.54. The molecule has 0 saturated carbocycles. The van der Waals surface area contributed by atoms with E-state index in [1.807, 2.05) is 24.4 Å². The second kappa shape index (κ2) is 7.27. The summed E-state index contributed by atoms with van der Waals surface area (Å²) in [6.07, 6.45) is 2.73. The third-order valence-corrected chi connectivity index (χ3v) is 6.48. The monoisotopic (exact) mass is 390 g/mol. The van der Waals surface area contributed by atoms with Gasteiger partial charge >= 0.3 is 0 Å². The number of rotatable bonds is 4. The lowest BCUT2D eigenvalue weighted by atomic mass is 9.66. The van der Waals surface area contributed by atoms with E-state index in [9.17, 15) is 9.50 Å². The molecule has 0 bridgehead atoms. The quantitative estimate of drug-likeness (QED) is 0.603. The average molecular weight is 391 g/mol. The molecule has 1 aliphatic rings. The van der Waals surface area contributed by atoms with E-state index in [2.05, 4.69) is 50.0 Å². The summed E-state index contributed by atoms with van der Waals surface area (Å²) in [4.78, 5) is 0. The van der Waals surface area contributed by atoms with Gasteiger partial charge in [-0.1, -0.05) is 42.8 Å². The number of aromatic amines is 1. The van der Waals surface area contributed by atoms with Gasteiger partial charge in [-0.15, -0.1) is 0 Å². The standard InChI is InChI=1S/C25H27FN2O/c1-15-6-5-7-16(2)22(15)21(29)13-25(4)12-19-14-27-28-24(19)23(17(25)3)18-8-10-20(26)11-9-18/h5-11,14,21,29H,12-13H2,1-4H3,(H,27,28)/t21?,25-/m0/s1. The van der Waals surface area contributed by atoms with E-state index < -0.39 is 6.10 Å². The number of aliphatic hydroxyl groups excluding tert-OH is 1. The highest BCUT2D eigenvalue weighted by Gasteiger charge is 2.38. The summed E-state index contributed by atoms with van der Waals surface area (Å²) in [7, 11) is 0. The highest BCUT2D eigenvalue weighted by atomic mass is 19.1. The Bertz CT molecular complexity index is 1060. The number of nitrogens with zero attached hydrogens (tertiary/aromatic N) is 1. The largest absolute Gasteiger partial charge is 0.388 e. The number of halogens is 1. The zero-order valence-corrected chi connectivity index (χ0v) is 17.4. The SMILES string of the molecule is CC1=C(c2ccc(F)cc2)c2[nH]ncc2C[C@@]1(C)CC(O)c1c(C)cccc1C. The molecule has 2 aromatic carbocycles. The first-order valence-electron chi connectivity index (χ1n) is 10.0. The van der Waals surface area contributed by atoms with E-state index in [0.717, 1.165) is 45.5 Å². The lowest BCUT2D eigenvalue weighted by molar-refractivity contribution is 0.120. The van der Waals surface area contributed by atoms with Crippen molar-refractivity contribution in [3.8, 4) is 0 Å². The predicted molar refractivity (Wildman–Crippen MR) is 114 cm³/mol. The molecule has 0 radical (unpaired) electrons. The van der Waals surface area contributed by atoms with Gasteiger partial charge in [0.15, 0.2) is 0 Å². The van der Waals surface area contributed by atoms with Gasteiger partial charge in [0.2, 0.25) is 0 Å². The van der Waals surface area contributed by atoms with Gasteiger partial charge < -0.3 is 5.11 Å². The van der Waals surface area contributed by atoms with E-state index in [-0.39, 0.29) is 11.2 Å². The number of fused-ring (bicyclic) bond motifs is 1. The normalized spacial score (nSPS) is 19.9. The van der Waals surface area contributed by atoms with Gasteiger partial charge in [-0.3, -0.25) is 5.10 Å². The van der Waals surface area contributed by atoms with Gasteiger partial charge in [0.25, 0.3) is 0 Å². The van der Waals surface area contributed by atoms with Crippen molar-refractivity contribution in [3.05, 3.63) is 93.6 Å². The number of nitrogens with one attached hydrogen (secondary N) is 1. The molecule has 0 fully saturated rings. The number of aromatic nitrogens is 2. The first-order valence-corrected chi connectivity index (χ1v) is 10.0. The van der Waals surface area contributed by atoms with Crippen LogP contribution in [0.15, 0.2) is 54.2 Å². The molecule has 4 rings (SSSR count). The van der Waals surface area contributed by atoms with Crippen LogP contribution in [-0.4, -0.2) is 15.3 Å². The fourth-order valence-corrected chi connectivity index (χ4v) is 4.79. The van der Waals surface area contributed by atoms with Crippen LogP contribution >= 0.6 is 0 Å². The van der Waals surface area contributed by atoms with Crippen molar-refractivity contribution in [1.82, 2.24) is 10.2 Å². The van der Waals surface area contributed by atoms with Crippen LogP contribution < -0.4 is 0 Å². The van der Waals surface area contributed by atoms with Crippen molar-refractivity contribution in [2.75, 3.05) is 0 Å². The van der Waals surface area contributed by atoms with Crippen LogP contribution in [0.4, 0.5) is 4.39 Å².